The van der Waals surface area contributed by atoms with Crippen LogP contribution in [-0.2, 0) is 19.5 Å². The first-order valence-electron chi connectivity index (χ1n) is 11.2. The second-order valence-electron chi connectivity index (χ2n) is 8.18. The highest BCUT2D eigenvalue weighted by molar-refractivity contribution is 5.72. The number of benzene rings is 3. The van der Waals surface area contributed by atoms with Crippen LogP contribution < -0.4 is 16.0 Å². The zero-order valence-electron chi connectivity index (χ0n) is 19.1. The van der Waals surface area contributed by atoms with Crippen molar-refractivity contribution in [1.29, 1.82) is 0 Å². The molecule has 0 aliphatic rings. The second-order valence-corrected chi connectivity index (χ2v) is 8.18. The summed E-state index contributed by atoms with van der Waals surface area (Å²) in [5.74, 6) is 0.318. The van der Waals surface area contributed by atoms with E-state index in [-0.39, 0.29) is 12.2 Å². The molecule has 0 saturated carbocycles. The number of hydrogen-bond donors (Lipinski definition) is 0. The molecular weight excluding hydrogens is 447 g/mol. The van der Waals surface area contributed by atoms with Gasteiger partial charge in [-0.15, -0.1) is 0 Å². The Labute approximate surface area is 200 Å². The molecule has 0 saturated heterocycles. The molecule has 0 amide bonds. The van der Waals surface area contributed by atoms with Crippen LogP contribution in [0, 0.1) is 5.82 Å². The molecule has 0 fully saturated rings. The predicted molar refractivity (Wildman–Crippen MR) is 132 cm³/mol. The molecule has 0 bridgehead atoms. The van der Waals surface area contributed by atoms with Crippen molar-refractivity contribution in [1.82, 2.24) is 18.7 Å². The Balaban J connectivity index is 1.66. The van der Waals surface area contributed by atoms with E-state index in [1.807, 2.05) is 54.6 Å². The third kappa shape index (κ3) is 4.38. The van der Waals surface area contributed by atoms with Gasteiger partial charge >= 0.3 is 5.69 Å². The lowest BCUT2D eigenvalue weighted by atomic mass is 10.1. The molecule has 8 heteroatoms. The molecule has 0 aliphatic heterocycles. The first-order chi connectivity index (χ1) is 17.0. The maximum atomic E-state index is 13.6. The van der Waals surface area contributed by atoms with Crippen LogP contribution in [0.5, 0.6) is 5.75 Å². The first kappa shape index (κ1) is 22.3. The van der Waals surface area contributed by atoms with E-state index in [4.69, 9.17) is 4.74 Å². The lowest BCUT2D eigenvalue weighted by Crippen LogP contribution is -2.40. The summed E-state index contributed by atoms with van der Waals surface area (Å²) in [6, 6.07) is 22.8. The van der Waals surface area contributed by atoms with E-state index in [9.17, 15) is 14.0 Å². The molecule has 176 valence electrons. The standard InChI is InChI=1S/C27H23FN4O3/c1-35-23-13-7-20(8-14-23)17-30-18-29-25-24(30)26(33)31(16-15-19-5-3-2-4-6-19)27(34)32(25)22-11-9-21(28)10-12-22/h2-14,18H,15-17H2,1H3. The minimum atomic E-state index is -0.514. The fraction of sp³-hybridized carbons (Fsp3) is 0.148. The van der Waals surface area contributed by atoms with Crippen molar-refractivity contribution in [3.05, 3.63) is 123 Å². The largest absolute Gasteiger partial charge is 0.497 e. The average molecular weight is 471 g/mol. The van der Waals surface area contributed by atoms with Crippen LogP contribution in [0.25, 0.3) is 16.9 Å². The Kier molecular flexibility index (Phi) is 6.01. The minimum absolute atomic E-state index is 0.201. The summed E-state index contributed by atoms with van der Waals surface area (Å²) in [5.41, 5.74) is 2.00. The third-order valence-corrected chi connectivity index (χ3v) is 5.96. The van der Waals surface area contributed by atoms with Gasteiger partial charge in [0.1, 0.15) is 11.6 Å². The van der Waals surface area contributed by atoms with Gasteiger partial charge in [-0.3, -0.25) is 9.36 Å². The molecule has 0 radical (unpaired) electrons. The van der Waals surface area contributed by atoms with Crippen LogP contribution in [0.4, 0.5) is 4.39 Å². The van der Waals surface area contributed by atoms with Crippen LogP contribution in [0.2, 0.25) is 0 Å². The summed E-state index contributed by atoms with van der Waals surface area (Å²) in [6.45, 7) is 0.586. The summed E-state index contributed by atoms with van der Waals surface area (Å²) in [6.07, 6.45) is 2.06. The number of nitrogens with zero attached hydrogens (tertiary/aromatic N) is 4. The average Bonchev–Trinajstić information content (AvgIpc) is 3.29. The van der Waals surface area contributed by atoms with Crippen LogP contribution in [0.1, 0.15) is 11.1 Å². The maximum absolute atomic E-state index is 13.6. The summed E-state index contributed by atoms with van der Waals surface area (Å²) < 4.78 is 23.1. The highest BCUT2D eigenvalue weighted by atomic mass is 19.1. The van der Waals surface area contributed by atoms with E-state index >= 15 is 0 Å². The van der Waals surface area contributed by atoms with Gasteiger partial charge in [-0.2, -0.15) is 0 Å². The first-order valence-corrected chi connectivity index (χ1v) is 11.2. The Bertz CT molecular complexity index is 1590. The second kappa shape index (κ2) is 9.42. The number of aryl methyl sites for hydroxylation is 1. The van der Waals surface area contributed by atoms with Crippen LogP contribution in [-0.4, -0.2) is 25.8 Å². The van der Waals surface area contributed by atoms with Crippen LogP contribution in [0.3, 0.4) is 0 Å². The molecule has 0 unspecified atom stereocenters. The number of methoxy groups -OCH3 is 1. The molecule has 5 rings (SSSR count). The van der Waals surface area contributed by atoms with Crippen molar-refractivity contribution >= 4 is 11.2 Å². The van der Waals surface area contributed by atoms with Crippen molar-refractivity contribution in [2.45, 2.75) is 19.5 Å². The molecule has 2 aromatic heterocycles. The third-order valence-electron chi connectivity index (χ3n) is 5.96. The Hall–Kier alpha value is -4.46. The SMILES string of the molecule is COc1ccc(Cn2cnc3c2c(=O)n(CCc2ccccc2)c(=O)n3-c2ccc(F)cc2)cc1. The van der Waals surface area contributed by atoms with E-state index in [0.29, 0.717) is 24.2 Å². The lowest BCUT2D eigenvalue weighted by molar-refractivity contribution is 0.414. The fourth-order valence-corrected chi connectivity index (χ4v) is 4.13. The normalized spacial score (nSPS) is 11.1. The Morgan fingerprint density at radius 1 is 0.886 bits per heavy atom. The quantitative estimate of drug-likeness (QED) is 0.363. The fourth-order valence-electron chi connectivity index (χ4n) is 4.13. The van der Waals surface area contributed by atoms with Gasteiger partial charge in [-0.05, 0) is 53.9 Å². The van der Waals surface area contributed by atoms with Gasteiger partial charge in [0, 0.05) is 13.1 Å². The van der Waals surface area contributed by atoms with E-state index in [2.05, 4.69) is 4.98 Å². The van der Waals surface area contributed by atoms with Gasteiger partial charge in [0.05, 0.1) is 19.1 Å². The van der Waals surface area contributed by atoms with Crippen molar-refractivity contribution in [3.63, 3.8) is 0 Å². The highest BCUT2D eigenvalue weighted by Crippen LogP contribution is 2.17. The molecule has 35 heavy (non-hydrogen) atoms. The number of halogens is 1. The molecule has 0 aliphatic carbocycles. The molecule has 0 spiro atoms. The molecule has 7 nitrogen and oxygen atoms in total. The smallest absolute Gasteiger partial charge is 0.337 e. The molecule has 2 heterocycles. The highest BCUT2D eigenvalue weighted by Gasteiger charge is 2.19. The van der Waals surface area contributed by atoms with Gasteiger partial charge in [0.15, 0.2) is 11.2 Å². The van der Waals surface area contributed by atoms with Gasteiger partial charge in [-0.1, -0.05) is 42.5 Å². The Morgan fingerprint density at radius 2 is 1.60 bits per heavy atom. The number of ether oxygens (including phenoxy) is 1. The molecule has 3 aromatic carbocycles. The van der Waals surface area contributed by atoms with E-state index in [1.54, 1.807) is 18.0 Å². The number of imidazole rings is 1. The molecular formula is C27H23FN4O3. The van der Waals surface area contributed by atoms with Gasteiger partial charge in [-0.25, -0.2) is 18.7 Å². The van der Waals surface area contributed by atoms with Crippen molar-refractivity contribution in [3.8, 4) is 11.4 Å². The van der Waals surface area contributed by atoms with E-state index in [1.165, 1.54) is 33.4 Å². The lowest BCUT2D eigenvalue weighted by Gasteiger charge is -2.13. The van der Waals surface area contributed by atoms with Crippen LogP contribution in [0.15, 0.2) is 94.8 Å². The number of aromatic nitrogens is 4. The summed E-state index contributed by atoms with van der Waals surface area (Å²) in [7, 11) is 1.60. The van der Waals surface area contributed by atoms with Crippen molar-refractivity contribution in [2.75, 3.05) is 7.11 Å². The molecule has 0 atom stereocenters. The van der Waals surface area contributed by atoms with Crippen LogP contribution >= 0.6 is 0 Å². The van der Waals surface area contributed by atoms with Crippen molar-refractivity contribution < 1.29 is 9.13 Å². The molecule has 0 N–H and O–H groups in total. The number of rotatable bonds is 7. The summed E-state index contributed by atoms with van der Waals surface area (Å²) in [5, 5.41) is 0. The zero-order valence-corrected chi connectivity index (χ0v) is 19.1. The predicted octanol–water partition coefficient (Wildman–Crippen LogP) is 3.79. The monoisotopic (exact) mass is 470 g/mol. The van der Waals surface area contributed by atoms with E-state index in [0.717, 1.165) is 16.9 Å². The van der Waals surface area contributed by atoms with E-state index < -0.39 is 17.1 Å². The zero-order chi connectivity index (χ0) is 24.4. The van der Waals surface area contributed by atoms with Crippen molar-refractivity contribution in [2.24, 2.45) is 0 Å². The molecule has 5 aromatic rings. The topological polar surface area (TPSA) is 71.1 Å². The summed E-state index contributed by atoms with van der Waals surface area (Å²) >= 11 is 0. The Morgan fingerprint density at radius 3 is 2.29 bits per heavy atom. The maximum Gasteiger partial charge on any atom is 0.337 e. The van der Waals surface area contributed by atoms with Gasteiger partial charge in [0.25, 0.3) is 5.56 Å². The number of fused-ring (bicyclic) bond motifs is 1. The minimum Gasteiger partial charge on any atom is -0.497 e. The summed E-state index contributed by atoms with van der Waals surface area (Å²) in [4.78, 5) is 31.5. The van der Waals surface area contributed by atoms with Gasteiger partial charge < -0.3 is 9.30 Å². The number of hydrogen-bond acceptors (Lipinski definition) is 4. The van der Waals surface area contributed by atoms with Gasteiger partial charge in [0.2, 0.25) is 0 Å².